The first-order chi connectivity index (χ1) is 8.45. The van der Waals surface area contributed by atoms with E-state index in [1.807, 2.05) is 13.8 Å². The van der Waals surface area contributed by atoms with Crippen LogP contribution in [0.2, 0.25) is 0 Å². The Bertz CT molecular complexity index is 269. The maximum atomic E-state index is 12.1. The highest BCUT2D eigenvalue weighted by Crippen LogP contribution is 2.24. The van der Waals surface area contributed by atoms with E-state index < -0.39 is 17.5 Å². The van der Waals surface area contributed by atoms with Gasteiger partial charge in [-0.05, 0) is 12.8 Å². The largest absolute Gasteiger partial charge is 0.481 e. The number of aliphatic carboxylic acids is 1. The van der Waals surface area contributed by atoms with E-state index in [2.05, 4.69) is 5.32 Å². The van der Waals surface area contributed by atoms with E-state index in [0.717, 1.165) is 0 Å². The molecule has 0 heterocycles. The van der Waals surface area contributed by atoms with Crippen LogP contribution in [0.15, 0.2) is 0 Å². The lowest BCUT2D eigenvalue weighted by molar-refractivity contribution is -0.140. The van der Waals surface area contributed by atoms with Gasteiger partial charge in [0.2, 0.25) is 5.91 Å². The van der Waals surface area contributed by atoms with E-state index in [9.17, 15) is 9.59 Å². The fourth-order valence-electron chi connectivity index (χ4n) is 1.78. The molecule has 4 N–H and O–H groups in total. The summed E-state index contributed by atoms with van der Waals surface area (Å²) in [6.45, 7) is 4.30. The molecule has 6 nitrogen and oxygen atoms in total. The minimum Gasteiger partial charge on any atom is -0.481 e. The molecule has 0 fully saturated rings. The predicted octanol–water partition coefficient (Wildman–Crippen LogP) is 0.357. The Morgan fingerprint density at radius 1 is 1.39 bits per heavy atom. The van der Waals surface area contributed by atoms with Crippen LogP contribution in [0.3, 0.4) is 0 Å². The molecule has 106 valence electrons. The van der Waals surface area contributed by atoms with Crippen LogP contribution < -0.4 is 11.1 Å². The summed E-state index contributed by atoms with van der Waals surface area (Å²) in [5.41, 5.74) is 5.10. The summed E-state index contributed by atoms with van der Waals surface area (Å²) in [5.74, 6) is -1.09. The standard InChI is InChI=1S/C12H24N2O4/c1-4-12(5-2,8-13)11(17)14-7-9(18-3)6-10(15)16/h9H,4-8,13H2,1-3H3,(H,14,17)(H,15,16). The topological polar surface area (TPSA) is 102 Å². The van der Waals surface area contributed by atoms with Crippen LogP contribution in [-0.2, 0) is 14.3 Å². The zero-order valence-corrected chi connectivity index (χ0v) is 11.4. The van der Waals surface area contributed by atoms with Crippen LogP contribution in [-0.4, -0.2) is 43.3 Å². The lowest BCUT2D eigenvalue weighted by atomic mass is 9.81. The fraction of sp³-hybridized carbons (Fsp3) is 0.833. The first-order valence-corrected chi connectivity index (χ1v) is 6.18. The molecule has 1 unspecified atom stereocenters. The quantitative estimate of drug-likeness (QED) is 0.555. The Morgan fingerprint density at radius 3 is 2.28 bits per heavy atom. The summed E-state index contributed by atoms with van der Waals surface area (Å²) < 4.78 is 5.00. The molecule has 6 heteroatoms. The third kappa shape index (κ3) is 4.62. The van der Waals surface area contributed by atoms with Crippen molar-refractivity contribution in [3.05, 3.63) is 0 Å². The number of rotatable bonds is 9. The van der Waals surface area contributed by atoms with Gasteiger partial charge in [-0.1, -0.05) is 13.8 Å². The summed E-state index contributed by atoms with van der Waals surface area (Å²) in [6, 6.07) is 0. The molecule has 0 radical (unpaired) electrons. The van der Waals surface area contributed by atoms with Gasteiger partial charge in [0.25, 0.3) is 0 Å². The van der Waals surface area contributed by atoms with Gasteiger partial charge in [0.1, 0.15) is 0 Å². The molecule has 0 aliphatic carbocycles. The molecule has 1 atom stereocenters. The Labute approximate surface area is 108 Å². The number of carbonyl (C=O) groups excluding carboxylic acids is 1. The maximum Gasteiger partial charge on any atom is 0.306 e. The van der Waals surface area contributed by atoms with Crippen molar-refractivity contribution in [2.24, 2.45) is 11.1 Å². The van der Waals surface area contributed by atoms with Crippen molar-refractivity contribution in [2.45, 2.75) is 39.2 Å². The van der Waals surface area contributed by atoms with Crippen molar-refractivity contribution in [1.82, 2.24) is 5.32 Å². The van der Waals surface area contributed by atoms with E-state index in [-0.39, 0.29) is 25.4 Å². The fourth-order valence-corrected chi connectivity index (χ4v) is 1.78. The summed E-state index contributed by atoms with van der Waals surface area (Å²) in [5, 5.41) is 11.4. The second kappa shape index (κ2) is 8.05. The molecule has 0 aliphatic rings. The first kappa shape index (κ1) is 16.9. The van der Waals surface area contributed by atoms with Crippen molar-refractivity contribution in [2.75, 3.05) is 20.2 Å². The van der Waals surface area contributed by atoms with Gasteiger partial charge in [0.15, 0.2) is 0 Å². The molecule has 18 heavy (non-hydrogen) atoms. The zero-order chi connectivity index (χ0) is 14.2. The zero-order valence-electron chi connectivity index (χ0n) is 11.4. The lowest BCUT2D eigenvalue weighted by Gasteiger charge is -2.29. The first-order valence-electron chi connectivity index (χ1n) is 6.18. The van der Waals surface area contributed by atoms with Crippen molar-refractivity contribution in [3.63, 3.8) is 0 Å². The third-order valence-corrected chi connectivity index (χ3v) is 3.45. The monoisotopic (exact) mass is 260 g/mol. The summed E-state index contributed by atoms with van der Waals surface area (Å²) in [6.07, 6.45) is 0.658. The van der Waals surface area contributed by atoms with Gasteiger partial charge in [0.05, 0.1) is 17.9 Å². The maximum absolute atomic E-state index is 12.1. The van der Waals surface area contributed by atoms with Crippen molar-refractivity contribution < 1.29 is 19.4 Å². The number of ether oxygens (including phenoxy) is 1. The van der Waals surface area contributed by atoms with Gasteiger partial charge >= 0.3 is 5.97 Å². The molecule has 0 aromatic heterocycles. The second-order valence-electron chi connectivity index (χ2n) is 4.36. The van der Waals surface area contributed by atoms with E-state index in [1.54, 1.807) is 0 Å². The van der Waals surface area contributed by atoms with Crippen molar-refractivity contribution in [3.8, 4) is 0 Å². The molecule has 0 aromatic rings. The second-order valence-corrected chi connectivity index (χ2v) is 4.36. The van der Waals surface area contributed by atoms with Crippen LogP contribution in [0.5, 0.6) is 0 Å². The number of hydrogen-bond donors (Lipinski definition) is 3. The summed E-state index contributed by atoms with van der Waals surface area (Å²) in [4.78, 5) is 22.6. The third-order valence-electron chi connectivity index (χ3n) is 3.45. The number of methoxy groups -OCH3 is 1. The molecule has 0 bridgehead atoms. The SMILES string of the molecule is CCC(CC)(CN)C(=O)NCC(CC(=O)O)OC. The van der Waals surface area contributed by atoms with Gasteiger partial charge in [-0.15, -0.1) is 0 Å². The number of carboxylic acids is 1. The van der Waals surface area contributed by atoms with E-state index in [0.29, 0.717) is 12.8 Å². The van der Waals surface area contributed by atoms with Gasteiger partial charge in [0, 0.05) is 20.2 Å². The number of amides is 1. The van der Waals surface area contributed by atoms with Gasteiger partial charge in [-0.2, -0.15) is 0 Å². The highest BCUT2D eigenvalue weighted by Gasteiger charge is 2.33. The summed E-state index contributed by atoms with van der Waals surface area (Å²) in [7, 11) is 1.43. The lowest BCUT2D eigenvalue weighted by Crippen LogP contribution is -2.47. The smallest absolute Gasteiger partial charge is 0.306 e. The van der Waals surface area contributed by atoms with Crippen LogP contribution in [0.25, 0.3) is 0 Å². The molecule has 0 aromatic carbocycles. The normalized spacial score (nSPS) is 13.1. The number of hydrogen-bond acceptors (Lipinski definition) is 4. The van der Waals surface area contributed by atoms with Crippen molar-refractivity contribution in [1.29, 1.82) is 0 Å². The minimum atomic E-state index is -0.952. The number of nitrogens with one attached hydrogen (secondary N) is 1. The molecule has 0 aliphatic heterocycles. The summed E-state index contributed by atoms with van der Waals surface area (Å²) >= 11 is 0. The Kier molecular flexibility index (Phi) is 7.54. The van der Waals surface area contributed by atoms with E-state index in [1.165, 1.54) is 7.11 Å². The Balaban J connectivity index is 4.42. The highest BCUT2D eigenvalue weighted by molar-refractivity contribution is 5.82. The molecule has 0 saturated heterocycles. The van der Waals surface area contributed by atoms with E-state index >= 15 is 0 Å². The van der Waals surface area contributed by atoms with Gasteiger partial charge in [-0.3, -0.25) is 9.59 Å². The van der Waals surface area contributed by atoms with E-state index in [4.69, 9.17) is 15.6 Å². The molecule has 1 amide bonds. The number of carbonyl (C=O) groups is 2. The molecular weight excluding hydrogens is 236 g/mol. The van der Waals surface area contributed by atoms with Crippen molar-refractivity contribution >= 4 is 11.9 Å². The highest BCUT2D eigenvalue weighted by atomic mass is 16.5. The molecule has 0 rings (SSSR count). The Morgan fingerprint density at radius 2 is 1.94 bits per heavy atom. The Hall–Kier alpha value is -1.14. The predicted molar refractivity (Wildman–Crippen MR) is 68.1 cm³/mol. The number of carboxylic acid groups (broad SMARTS) is 1. The average molecular weight is 260 g/mol. The molecule has 0 spiro atoms. The molecular formula is C12H24N2O4. The van der Waals surface area contributed by atoms with Crippen LogP contribution >= 0.6 is 0 Å². The number of nitrogens with two attached hydrogens (primary N) is 1. The van der Waals surface area contributed by atoms with Crippen LogP contribution in [0.1, 0.15) is 33.1 Å². The minimum absolute atomic E-state index is 0.134. The average Bonchev–Trinajstić information content (AvgIpc) is 2.36. The van der Waals surface area contributed by atoms with Gasteiger partial charge < -0.3 is 20.9 Å². The van der Waals surface area contributed by atoms with Gasteiger partial charge in [-0.25, -0.2) is 0 Å². The molecule has 0 saturated carbocycles. The van der Waals surface area contributed by atoms with Crippen LogP contribution in [0.4, 0.5) is 0 Å². The van der Waals surface area contributed by atoms with Crippen LogP contribution in [0, 0.1) is 5.41 Å².